The molecule has 1 aliphatic heterocycles. The van der Waals surface area contributed by atoms with Crippen molar-refractivity contribution in [2.24, 2.45) is 23.5 Å². The van der Waals surface area contributed by atoms with Gasteiger partial charge in [0.15, 0.2) is 5.54 Å². The number of nitrogens with one attached hydrogen (secondary N) is 1. The number of carboxylic acid groups (broad SMARTS) is 1. The zero-order valence-corrected chi connectivity index (χ0v) is 24.0. The Hall–Kier alpha value is -2.15. The van der Waals surface area contributed by atoms with E-state index in [1.165, 1.54) is 0 Å². The number of quaternary nitrogens is 1. The largest absolute Gasteiger partial charge is 0.480 e. The van der Waals surface area contributed by atoms with Crippen LogP contribution in [0.5, 0.6) is 0 Å². The Labute approximate surface area is 244 Å². The molecule has 0 bridgehead atoms. The standard InChI is InChI=1S/C26H36F3N5O4.2ClH/c1-15-17(9-10-19(30)33-15)14-34(11-5-8-18-12-25(18,34)24(31)38)23(37)22(32-13-20(35)36)21(26(27,28)29)16-6-3-2-4-7-16;;/h9-10,16,18,21-22,32H,2-8,11-14H2,1H3,(H4-,30,31,33,35,36,38);2*1H/p+1/t18-,21+,22-,25+,34?;;/m1../s1. The number of hydrogen-bond acceptors (Lipinski definition) is 6. The SMILES string of the molecule is Cc1nc(N)ccc1C[N+]1(C(=O)[C@H](NCC(=O)O)[C@H](C2CCCCC2)C(F)(F)F)CCC[C@@H]2C[C@@]21C(N)=O.Cl.Cl. The number of aromatic nitrogens is 1. The molecule has 0 spiro atoms. The fourth-order valence-electron chi connectivity index (χ4n) is 7.23. The van der Waals surface area contributed by atoms with E-state index in [1.54, 1.807) is 19.1 Å². The van der Waals surface area contributed by atoms with Crippen LogP contribution in [0.1, 0.15) is 62.6 Å². The van der Waals surface area contributed by atoms with Crippen molar-refractivity contribution in [1.82, 2.24) is 10.3 Å². The van der Waals surface area contributed by atoms with Crippen LogP contribution in [0.2, 0.25) is 0 Å². The predicted molar refractivity (Wildman–Crippen MR) is 147 cm³/mol. The summed E-state index contributed by atoms with van der Waals surface area (Å²) in [7, 11) is 0. The molecular weight excluding hydrogens is 574 g/mol. The van der Waals surface area contributed by atoms with Crippen molar-refractivity contribution in [1.29, 1.82) is 0 Å². The van der Waals surface area contributed by atoms with Gasteiger partial charge in [0.1, 0.15) is 18.4 Å². The number of amides is 2. The van der Waals surface area contributed by atoms with Crippen molar-refractivity contribution in [2.75, 3.05) is 18.8 Å². The number of fused-ring (bicyclic) bond motifs is 1. The Balaban J connectivity index is 0.00000280. The minimum absolute atomic E-state index is 0. The maximum absolute atomic E-state index is 14.8. The number of piperidine rings is 1. The Morgan fingerprint density at radius 3 is 2.35 bits per heavy atom. The molecule has 1 aromatic heterocycles. The number of rotatable bonds is 9. The first kappa shape index (κ1) is 34.1. The molecule has 0 radical (unpaired) electrons. The second kappa shape index (κ2) is 12.8. The number of nitrogens with two attached hydrogens (primary N) is 2. The Bertz CT molecular complexity index is 1100. The van der Waals surface area contributed by atoms with Crippen LogP contribution in [0.15, 0.2) is 12.1 Å². The first-order valence-corrected chi connectivity index (χ1v) is 13.3. The average Bonchev–Trinajstić information content (AvgIpc) is 3.60. The van der Waals surface area contributed by atoms with Gasteiger partial charge in [-0.2, -0.15) is 13.2 Å². The highest BCUT2D eigenvalue weighted by molar-refractivity contribution is 5.91. The third kappa shape index (κ3) is 6.19. The summed E-state index contributed by atoms with van der Waals surface area (Å²) >= 11 is 0. The first-order valence-electron chi connectivity index (χ1n) is 13.3. The molecule has 5 atom stereocenters. The lowest BCUT2D eigenvalue weighted by Crippen LogP contribution is -2.72. The number of carbonyl (C=O) groups excluding carboxylic acids is 2. The van der Waals surface area contributed by atoms with Gasteiger partial charge in [0.25, 0.3) is 5.91 Å². The van der Waals surface area contributed by atoms with Gasteiger partial charge in [0, 0.05) is 23.6 Å². The van der Waals surface area contributed by atoms with E-state index in [4.69, 9.17) is 11.5 Å². The third-order valence-corrected chi connectivity index (χ3v) is 9.07. The topological polar surface area (TPSA) is 148 Å². The molecule has 2 amide bonds. The van der Waals surface area contributed by atoms with E-state index in [0.29, 0.717) is 56.2 Å². The number of likely N-dealkylation sites (tertiary alicyclic amines) is 1. The molecule has 6 N–H and O–H groups in total. The lowest BCUT2D eigenvalue weighted by Gasteiger charge is -2.48. The van der Waals surface area contributed by atoms with E-state index in [0.717, 1.165) is 6.42 Å². The van der Waals surface area contributed by atoms with E-state index in [-0.39, 0.29) is 49.6 Å². The molecular formula is C26H39Cl2F3N5O4+. The quantitative estimate of drug-likeness (QED) is 0.312. The molecule has 4 rings (SSSR count). The second-order valence-electron chi connectivity index (χ2n) is 11.2. The van der Waals surface area contributed by atoms with E-state index in [9.17, 15) is 32.7 Å². The summed E-state index contributed by atoms with van der Waals surface area (Å²) in [5.41, 5.74) is 11.5. The van der Waals surface area contributed by atoms with E-state index in [2.05, 4.69) is 10.3 Å². The summed E-state index contributed by atoms with van der Waals surface area (Å²) in [4.78, 5) is 43.4. The molecule has 9 nitrogen and oxygen atoms in total. The summed E-state index contributed by atoms with van der Waals surface area (Å²) < 4.78 is 43.7. The number of carboxylic acids is 1. The molecule has 2 saturated carbocycles. The molecule has 1 aromatic rings. The number of carbonyl (C=O) groups is 3. The molecule has 2 heterocycles. The summed E-state index contributed by atoms with van der Waals surface area (Å²) in [5, 5.41) is 11.8. The van der Waals surface area contributed by atoms with Crippen LogP contribution in [0.25, 0.3) is 0 Å². The average molecular weight is 614 g/mol. The van der Waals surface area contributed by atoms with Gasteiger partial charge in [-0.25, -0.2) is 14.3 Å². The number of halogens is 5. The van der Waals surface area contributed by atoms with Gasteiger partial charge >= 0.3 is 18.1 Å². The summed E-state index contributed by atoms with van der Waals surface area (Å²) in [5.74, 6) is -5.79. The highest BCUT2D eigenvalue weighted by Gasteiger charge is 2.77. The highest BCUT2D eigenvalue weighted by Crippen LogP contribution is 2.60. The van der Waals surface area contributed by atoms with Gasteiger partial charge in [-0.1, -0.05) is 19.3 Å². The van der Waals surface area contributed by atoms with Crippen molar-refractivity contribution in [3.63, 3.8) is 0 Å². The van der Waals surface area contributed by atoms with Crippen LogP contribution < -0.4 is 16.8 Å². The van der Waals surface area contributed by atoms with Crippen molar-refractivity contribution >= 4 is 48.4 Å². The molecule has 3 fully saturated rings. The van der Waals surface area contributed by atoms with Gasteiger partial charge in [-0.15, -0.1) is 24.8 Å². The summed E-state index contributed by atoms with van der Waals surface area (Å²) in [6.45, 7) is 0.935. The molecule has 1 unspecified atom stereocenters. The molecule has 14 heteroatoms. The fourth-order valence-corrected chi connectivity index (χ4v) is 7.23. The monoisotopic (exact) mass is 612 g/mol. The zero-order chi connectivity index (χ0) is 27.9. The smallest absolute Gasteiger partial charge is 0.394 e. The number of aryl methyl sites for hydroxylation is 1. The van der Waals surface area contributed by atoms with Crippen LogP contribution in [0, 0.1) is 24.7 Å². The Morgan fingerprint density at radius 2 is 1.80 bits per heavy atom. The summed E-state index contributed by atoms with van der Waals surface area (Å²) in [6.07, 6.45) is -0.636. The van der Waals surface area contributed by atoms with Gasteiger partial charge in [0.2, 0.25) is 0 Å². The third-order valence-electron chi connectivity index (χ3n) is 9.07. The predicted octanol–water partition coefficient (Wildman–Crippen LogP) is 3.50. The van der Waals surface area contributed by atoms with E-state index < -0.39 is 58.4 Å². The number of nitrogen functional groups attached to an aromatic ring is 1. The number of primary amides is 1. The van der Waals surface area contributed by atoms with Crippen molar-refractivity contribution in [2.45, 2.75) is 82.6 Å². The number of anilines is 1. The number of hydrogen-bond donors (Lipinski definition) is 4. The van der Waals surface area contributed by atoms with Crippen LogP contribution in [-0.4, -0.2) is 63.2 Å². The molecule has 226 valence electrons. The zero-order valence-electron chi connectivity index (χ0n) is 22.4. The molecule has 0 aromatic carbocycles. The Morgan fingerprint density at radius 1 is 1.15 bits per heavy atom. The fraction of sp³-hybridized carbons (Fsp3) is 0.692. The van der Waals surface area contributed by atoms with Crippen LogP contribution in [0.4, 0.5) is 19.0 Å². The van der Waals surface area contributed by atoms with Gasteiger partial charge in [-0.3, -0.25) is 14.9 Å². The van der Waals surface area contributed by atoms with Crippen LogP contribution in [0.3, 0.4) is 0 Å². The van der Waals surface area contributed by atoms with Crippen molar-refractivity contribution in [3.8, 4) is 0 Å². The van der Waals surface area contributed by atoms with Crippen LogP contribution >= 0.6 is 24.8 Å². The number of pyridine rings is 1. The number of alkyl halides is 3. The maximum Gasteiger partial charge on any atom is 0.394 e. The number of aliphatic carboxylic acids is 1. The lowest BCUT2D eigenvalue weighted by atomic mass is 9.75. The molecule has 40 heavy (non-hydrogen) atoms. The maximum atomic E-state index is 14.8. The minimum Gasteiger partial charge on any atom is -0.480 e. The van der Waals surface area contributed by atoms with Crippen molar-refractivity contribution in [3.05, 3.63) is 23.4 Å². The molecule has 1 saturated heterocycles. The summed E-state index contributed by atoms with van der Waals surface area (Å²) in [6, 6.07) is 1.38. The minimum atomic E-state index is -4.75. The molecule has 2 aliphatic carbocycles. The first-order chi connectivity index (χ1) is 17.8. The van der Waals surface area contributed by atoms with E-state index in [1.807, 2.05) is 0 Å². The van der Waals surface area contributed by atoms with Gasteiger partial charge < -0.3 is 16.6 Å². The molecule has 3 aliphatic rings. The lowest BCUT2D eigenvalue weighted by molar-refractivity contribution is -0.900. The Kier molecular flexibility index (Phi) is 10.9. The van der Waals surface area contributed by atoms with Gasteiger partial charge in [-0.05, 0) is 50.7 Å². The van der Waals surface area contributed by atoms with Crippen molar-refractivity contribution < 1.29 is 37.1 Å². The van der Waals surface area contributed by atoms with Crippen LogP contribution in [-0.2, 0) is 20.9 Å². The second-order valence-corrected chi connectivity index (χ2v) is 11.2. The highest BCUT2D eigenvalue weighted by atomic mass is 35.5. The normalized spacial score (nSPS) is 27.8. The van der Waals surface area contributed by atoms with Gasteiger partial charge in [0.05, 0.1) is 19.0 Å². The number of nitrogens with zero attached hydrogens (tertiary/aromatic N) is 2. The van der Waals surface area contributed by atoms with E-state index >= 15 is 0 Å².